The Kier molecular flexibility index (Phi) is 4.01. The molecule has 1 aliphatic rings. The lowest BCUT2D eigenvalue weighted by Gasteiger charge is -2.36. The van der Waals surface area contributed by atoms with E-state index < -0.39 is 0 Å². The van der Waals surface area contributed by atoms with E-state index in [1.54, 1.807) is 13.3 Å². The third-order valence-electron chi connectivity index (χ3n) is 4.61. The number of amides is 1. The van der Waals surface area contributed by atoms with Gasteiger partial charge in [0, 0.05) is 32.4 Å². The van der Waals surface area contributed by atoms with Crippen molar-refractivity contribution in [1.29, 1.82) is 0 Å². The SMILES string of the molecule is COc1ccccc1N1CCN(C(=O)c2cc3ncccc3[nH]2)CC1. The summed E-state index contributed by atoms with van der Waals surface area (Å²) >= 11 is 0. The summed E-state index contributed by atoms with van der Waals surface area (Å²) in [6.45, 7) is 2.93. The van der Waals surface area contributed by atoms with Crippen LogP contribution in [0.3, 0.4) is 0 Å². The van der Waals surface area contributed by atoms with Crippen molar-refractivity contribution >= 4 is 22.6 Å². The van der Waals surface area contributed by atoms with Gasteiger partial charge in [0.2, 0.25) is 0 Å². The standard InChI is InChI=1S/C19H20N4O2/c1-25-18-7-3-2-6-17(18)22-9-11-23(12-10-22)19(24)16-13-15-14(21-16)5-4-8-20-15/h2-8,13,21H,9-12H2,1H3. The summed E-state index contributed by atoms with van der Waals surface area (Å²) in [5, 5.41) is 0. The number of H-pyrrole nitrogens is 1. The number of hydrogen-bond donors (Lipinski definition) is 1. The van der Waals surface area contributed by atoms with E-state index in [1.165, 1.54) is 0 Å². The lowest BCUT2D eigenvalue weighted by Crippen LogP contribution is -2.49. The lowest BCUT2D eigenvalue weighted by atomic mass is 10.2. The van der Waals surface area contributed by atoms with Gasteiger partial charge in [0.1, 0.15) is 11.4 Å². The topological polar surface area (TPSA) is 61.5 Å². The number of ether oxygens (including phenoxy) is 1. The van der Waals surface area contributed by atoms with Crippen LogP contribution in [0.25, 0.3) is 11.0 Å². The Morgan fingerprint density at radius 1 is 1.12 bits per heavy atom. The smallest absolute Gasteiger partial charge is 0.270 e. The summed E-state index contributed by atoms with van der Waals surface area (Å²) in [7, 11) is 1.68. The first-order valence-electron chi connectivity index (χ1n) is 8.37. The summed E-state index contributed by atoms with van der Waals surface area (Å²) < 4.78 is 5.44. The Morgan fingerprint density at radius 3 is 2.68 bits per heavy atom. The van der Waals surface area contributed by atoms with Gasteiger partial charge in [0.05, 0.1) is 23.8 Å². The van der Waals surface area contributed by atoms with Gasteiger partial charge < -0.3 is 19.5 Å². The number of aromatic amines is 1. The van der Waals surface area contributed by atoms with E-state index in [-0.39, 0.29) is 5.91 Å². The average Bonchev–Trinajstić information content (AvgIpc) is 3.12. The Labute approximate surface area is 146 Å². The number of benzene rings is 1. The Morgan fingerprint density at radius 2 is 1.92 bits per heavy atom. The van der Waals surface area contributed by atoms with E-state index >= 15 is 0 Å². The Balaban J connectivity index is 1.47. The summed E-state index contributed by atoms with van der Waals surface area (Å²) in [5.41, 5.74) is 3.38. The van der Waals surface area contributed by atoms with Gasteiger partial charge >= 0.3 is 0 Å². The summed E-state index contributed by atoms with van der Waals surface area (Å²) in [4.78, 5) is 24.3. The normalized spacial score (nSPS) is 14.8. The molecule has 0 spiro atoms. The minimum Gasteiger partial charge on any atom is -0.495 e. The molecule has 0 radical (unpaired) electrons. The van der Waals surface area contributed by atoms with Crippen molar-refractivity contribution in [2.45, 2.75) is 0 Å². The second-order valence-corrected chi connectivity index (χ2v) is 6.07. The maximum Gasteiger partial charge on any atom is 0.270 e. The van der Waals surface area contributed by atoms with E-state index in [2.05, 4.69) is 20.9 Å². The van der Waals surface area contributed by atoms with E-state index in [9.17, 15) is 4.79 Å². The van der Waals surface area contributed by atoms with Gasteiger partial charge in [-0.2, -0.15) is 0 Å². The number of carbonyl (C=O) groups is 1. The predicted molar refractivity (Wildman–Crippen MR) is 97.2 cm³/mol. The van der Waals surface area contributed by atoms with E-state index in [1.807, 2.05) is 41.3 Å². The number of carbonyl (C=O) groups excluding carboxylic acids is 1. The third kappa shape index (κ3) is 2.91. The molecule has 0 saturated carbocycles. The van der Waals surface area contributed by atoms with Gasteiger partial charge in [-0.3, -0.25) is 9.78 Å². The molecular weight excluding hydrogens is 316 g/mol. The fourth-order valence-electron chi connectivity index (χ4n) is 3.28. The Bertz CT molecular complexity index is 864. The van der Waals surface area contributed by atoms with Crippen LogP contribution in [0.2, 0.25) is 0 Å². The first kappa shape index (κ1) is 15.5. The van der Waals surface area contributed by atoms with Crippen molar-refractivity contribution in [1.82, 2.24) is 14.9 Å². The first-order chi connectivity index (χ1) is 12.3. The van der Waals surface area contributed by atoms with Crippen LogP contribution >= 0.6 is 0 Å². The zero-order valence-electron chi connectivity index (χ0n) is 14.1. The fraction of sp³-hybridized carbons (Fsp3) is 0.263. The number of hydrogen-bond acceptors (Lipinski definition) is 4. The van der Waals surface area contributed by atoms with E-state index in [4.69, 9.17) is 4.74 Å². The number of anilines is 1. The van der Waals surface area contributed by atoms with Gasteiger partial charge in [-0.15, -0.1) is 0 Å². The van der Waals surface area contributed by atoms with Crippen molar-refractivity contribution in [2.24, 2.45) is 0 Å². The first-order valence-corrected chi connectivity index (χ1v) is 8.37. The van der Waals surface area contributed by atoms with Crippen molar-refractivity contribution in [2.75, 3.05) is 38.2 Å². The van der Waals surface area contributed by atoms with Crippen LogP contribution in [0.1, 0.15) is 10.5 Å². The molecule has 0 unspecified atom stereocenters. The van der Waals surface area contributed by atoms with Crippen molar-refractivity contribution in [3.63, 3.8) is 0 Å². The van der Waals surface area contributed by atoms with Gasteiger partial charge in [-0.05, 0) is 30.3 Å². The number of methoxy groups -OCH3 is 1. The highest BCUT2D eigenvalue weighted by Crippen LogP contribution is 2.28. The molecule has 0 atom stereocenters. The predicted octanol–water partition coefficient (Wildman–Crippen LogP) is 2.53. The second kappa shape index (κ2) is 6.47. The molecule has 3 aromatic rings. The molecule has 1 aromatic carbocycles. The molecule has 0 aliphatic carbocycles. The molecule has 25 heavy (non-hydrogen) atoms. The molecular formula is C19H20N4O2. The monoisotopic (exact) mass is 336 g/mol. The maximum atomic E-state index is 12.8. The summed E-state index contributed by atoms with van der Waals surface area (Å²) in [5.74, 6) is 0.890. The number of nitrogens with zero attached hydrogens (tertiary/aromatic N) is 3. The summed E-state index contributed by atoms with van der Waals surface area (Å²) in [6, 6.07) is 13.6. The maximum absolute atomic E-state index is 12.8. The van der Waals surface area contributed by atoms with Gasteiger partial charge in [-0.1, -0.05) is 12.1 Å². The number of piperazine rings is 1. The van der Waals surface area contributed by atoms with Gasteiger partial charge in [0.25, 0.3) is 5.91 Å². The molecule has 1 saturated heterocycles. The highest BCUT2D eigenvalue weighted by atomic mass is 16.5. The van der Waals surface area contributed by atoms with Crippen molar-refractivity contribution in [3.05, 3.63) is 54.4 Å². The molecule has 128 valence electrons. The molecule has 6 heteroatoms. The molecule has 1 aliphatic heterocycles. The van der Waals surface area contributed by atoms with E-state index in [0.29, 0.717) is 18.8 Å². The number of rotatable bonds is 3. The largest absolute Gasteiger partial charge is 0.495 e. The average molecular weight is 336 g/mol. The highest BCUT2D eigenvalue weighted by molar-refractivity contribution is 5.97. The number of pyridine rings is 1. The molecule has 3 heterocycles. The quantitative estimate of drug-likeness (QED) is 0.798. The van der Waals surface area contributed by atoms with Crippen molar-refractivity contribution < 1.29 is 9.53 Å². The molecule has 1 N–H and O–H groups in total. The number of para-hydroxylation sites is 2. The minimum absolute atomic E-state index is 0.0256. The van der Waals surface area contributed by atoms with Crippen LogP contribution in [0.15, 0.2) is 48.7 Å². The molecule has 2 aromatic heterocycles. The molecule has 1 amide bonds. The van der Waals surface area contributed by atoms with Crippen molar-refractivity contribution in [3.8, 4) is 5.75 Å². The second-order valence-electron chi connectivity index (χ2n) is 6.07. The van der Waals surface area contributed by atoms with Crippen LogP contribution < -0.4 is 9.64 Å². The van der Waals surface area contributed by atoms with E-state index in [0.717, 1.165) is 35.6 Å². The lowest BCUT2D eigenvalue weighted by molar-refractivity contribution is 0.0741. The third-order valence-corrected chi connectivity index (χ3v) is 4.61. The number of nitrogens with one attached hydrogen (secondary N) is 1. The number of aromatic nitrogens is 2. The zero-order valence-corrected chi connectivity index (χ0v) is 14.1. The van der Waals surface area contributed by atoms with Crippen LogP contribution in [-0.4, -0.2) is 54.1 Å². The molecule has 0 bridgehead atoms. The van der Waals surface area contributed by atoms with Gasteiger partial charge in [0.15, 0.2) is 0 Å². The summed E-state index contributed by atoms with van der Waals surface area (Å²) in [6.07, 6.45) is 1.73. The van der Waals surface area contributed by atoms with Crippen LogP contribution in [0.5, 0.6) is 5.75 Å². The zero-order chi connectivity index (χ0) is 17.2. The van der Waals surface area contributed by atoms with Crippen LogP contribution in [0, 0.1) is 0 Å². The van der Waals surface area contributed by atoms with Crippen LogP contribution in [-0.2, 0) is 0 Å². The van der Waals surface area contributed by atoms with Gasteiger partial charge in [-0.25, -0.2) is 0 Å². The molecule has 1 fully saturated rings. The Hall–Kier alpha value is -3.02. The fourth-order valence-corrected chi connectivity index (χ4v) is 3.28. The highest BCUT2D eigenvalue weighted by Gasteiger charge is 2.24. The number of fused-ring (bicyclic) bond motifs is 1. The molecule has 4 rings (SSSR count). The molecule has 6 nitrogen and oxygen atoms in total. The van der Waals surface area contributed by atoms with Crippen LogP contribution in [0.4, 0.5) is 5.69 Å². The minimum atomic E-state index is 0.0256.